The van der Waals surface area contributed by atoms with Crippen LogP contribution >= 0.6 is 0 Å². The molecule has 2 nitrogen and oxygen atoms in total. The van der Waals surface area contributed by atoms with Gasteiger partial charge in [-0.3, -0.25) is 0 Å². The third-order valence-corrected chi connectivity index (χ3v) is 1.26. The second-order valence-electron chi connectivity index (χ2n) is 1.99. The first-order valence-electron chi connectivity index (χ1n) is 2.97. The summed E-state index contributed by atoms with van der Waals surface area (Å²) in [5.41, 5.74) is 6.22. The van der Waals surface area contributed by atoms with Crippen molar-refractivity contribution in [1.82, 2.24) is 0 Å². The lowest BCUT2D eigenvalue weighted by atomic mass is 10.3. The van der Waals surface area contributed by atoms with Crippen molar-refractivity contribution in [1.29, 1.82) is 0 Å². The van der Waals surface area contributed by atoms with Crippen molar-refractivity contribution in [3.63, 3.8) is 0 Å². The SMILES string of the molecule is CNc1ccc(N)cc1F. The molecule has 0 aliphatic carbocycles. The van der Waals surface area contributed by atoms with E-state index >= 15 is 0 Å². The molecule has 0 aliphatic heterocycles. The Hall–Kier alpha value is -1.25. The number of halogens is 1. The Bertz CT molecular complexity index is 235. The van der Waals surface area contributed by atoms with E-state index in [0.29, 0.717) is 11.4 Å². The molecule has 0 unspecified atom stereocenters. The summed E-state index contributed by atoms with van der Waals surface area (Å²) in [6.45, 7) is 0. The summed E-state index contributed by atoms with van der Waals surface area (Å²) in [7, 11) is 1.66. The van der Waals surface area contributed by atoms with E-state index < -0.39 is 0 Å². The molecular weight excluding hydrogens is 131 g/mol. The van der Waals surface area contributed by atoms with Crippen LogP contribution in [-0.2, 0) is 0 Å². The Morgan fingerprint density at radius 2 is 2.20 bits per heavy atom. The van der Waals surface area contributed by atoms with Crippen LogP contribution in [0.15, 0.2) is 18.2 Å². The molecule has 0 heterocycles. The molecule has 0 radical (unpaired) electrons. The molecule has 0 bridgehead atoms. The van der Waals surface area contributed by atoms with E-state index in [1.54, 1.807) is 19.2 Å². The molecular formula is C7H9FN2. The Labute approximate surface area is 58.9 Å². The van der Waals surface area contributed by atoms with Gasteiger partial charge in [0.15, 0.2) is 0 Å². The van der Waals surface area contributed by atoms with E-state index in [1.807, 2.05) is 0 Å². The molecule has 1 rings (SSSR count). The highest BCUT2D eigenvalue weighted by atomic mass is 19.1. The summed E-state index contributed by atoms with van der Waals surface area (Å²) >= 11 is 0. The number of nitrogens with two attached hydrogens (primary N) is 1. The number of benzene rings is 1. The maximum atomic E-state index is 12.7. The van der Waals surface area contributed by atoms with Crippen LogP contribution < -0.4 is 11.1 Å². The quantitative estimate of drug-likeness (QED) is 0.579. The first kappa shape index (κ1) is 6.86. The van der Waals surface area contributed by atoms with Crippen LogP contribution in [0.5, 0.6) is 0 Å². The molecule has 3 N–H and O–H groups in total. The molecule has 0 aliphatic rings. The third-order valence-electron chi connectivity index (χ3n) is 1.26. The van der Waals surface area contributed by atoms with Crippen LogP contribution in [0, 0.1) is 5.82 Å². The lowest BCUT2D eigenvalue weighted by Gasteiger charge is -2.00. The van der Waals surface area contributed by atoms with Crippen molar-refractivity contribution in [3.8, 4) is 0 Å². The normalized spacial score (nSPS) is 9.40. The number of hydrogen-bond donors (Lipinski definition) is 2. The number of anilines is 2. The Kier molecular flexibility index (Phi) is 1.76. The summed E-state index contributed by atoms with van der Waals surface area (Å²) in [4.78, 5) is 0. The third kappa shape index (κ3) is 1.18. The molecule has 0 atom stereocenters. The Morgan fingerprint density at radius 3 is 2.70 bits per heavy atom. The van der Waals surface area contributed by atoms with Gasteiger partial charge >= 0.3 is 0 Å². The number of nitrogen functional groups attached to an aromatic ring is 1. The fraction of sp³-hybridized carbons (Fsp3) is 0.143. The summed E-state index contributed by atoms with van der Waals surface area (Å²) in [5.74, 6) is -0.317. The summed E-state index contributed by atoms with van der Waals surface area (Å²) < 4.78 is 12.7. The van der Waals surface area contributed by atoms with Gasteiger partial charge in [-0.05, 0) is 18.2 Å². The predicted octanol–water partition coefficient (Wildman–Crippen LogP) is 1.45. The molecule has 1 aromatic carbocycles. The zero-order valence-electron chi connectivity index (χ0n) is 5.69. The zero-order valence-corrected chi connectivity index (χ0v) is 5.69. The molecule has 0 fully saturated rings. The highest BCUT2D eigenvalue weighted by Gasteiger charge is 1.97. The number of rotatable bonds is 1. The van der Waals surface area contributed by atoms with Crippen LogP contribution in [0.3, 0.4) is 0 Å². The molecule has 0 saturated carbocycles. The minimum absolute atomic E-state index is 0.317. The molecule has 0 amide bonds. The molecule has 0 saturated heterocycles. The Morgan fingerprint density at radius 1 is 1.50 bits per heavy atom. The van der Waals surface area contributed by atoms with Gasteiger partial charge < -0.3 is 11.1 Å². The fourth-order valence-electron chi connectivity index (χ4n) is 0.734. The lowest BCUT2D eigenvalue weighted by Crippen LogP contribution is -1.93. The minimum atomic E-state index is -0.317. The van der Waals surface area contributed by atoms with Crippen molar-refractivity contribution in [2.45, 2.75) is 0 Å². The van der Waals surface area contributed by atoms with Crippen LogP contribution in [0.4, 0.5) is 15.8 Å². The maximum absolute atomic E-state index is 12.7. The van der Waals surface area contributed by atoms with Crippen molar-refractivity contribution in [3.05, 3.63) is 24.0 Å². The van der Waals surface area contributed by atoms with Crippen molar-refractivity contribution >= 4 is 11.4 Å². The predicted molar refractivity (Wildman–Crippen MR) is 40.4 cm³/mol. The second-order valence-corrected chi connectivity index (χ2v) is 1.99. The molecule has 3 heteroatoms. The van der Waals surface area contributed by atoms with Crippen LogP contribution in [0.2, 0.25) is 0 Å². The van der Waals surface area contributed by atoms with Gasteiger partial charge in [0.1, 0.15) is 5.82 Å². The van der Waals surface area contributed by atoms with Gasteiger partial charge in [0, 0.05) is 12.7 Å². The van der Waals surface area contributed by atoms with Gasteiger partial charge in [-0.25, -0.2) is 4.39 Å². The average molecular weight is 140 g/mol. The van der Waals surface area contributed by atoms with Crippen molar-refractivity contribution in [2.75, 3.05) is 18.1 Å². The zero-order chi connectivity index (χ0) is 7.56. The highest BCUT2D eigenvalue weighted by Crippen LogP contribution is 2.15. The van der Waals surface area contributed by atoms with E-state index in [-0.39, 0.29) is 5.82 Å². The van der Waals surface area contributed by atoms with E-state index in [9.17, 15) is 4.39 Å². The van der Waals surface area contributed by atoms with Crippen LogP contribution in [0.1, 0.15) is 0 Å². The summed E-state index contributed by atoms with van der Waals surface area (Å²) in [6.07, 6.45) is 0. The summed E-state index contributed by atoms with van der Waals surface area (Å²) in [5, 5.41) is 2.69. The maximum Gasteiger partial charge on any atom is 0.148 e. The van der Waals surface area contributed by atoms with E-state index in [0.717, 1.165) is 0 Å². The number of hydrogen-bond acceptors (Lipinski definition) is 2. The highest BCUT2D eigenvalue weighted by molar-refractivity contribution is 5.52. The van der Waals surface area contributed by atoms with E-state index in [4.69, 9.17) is 5.73 Å². The number of nitrogens with one attached hydrogen (secondary N) is 1. The van der Waals surface area contributed by atoms with Crippen molar-refractivity contribution in [2.24, 2.45) is 0 Å². The van der Waals surface area contributed by atoms with Gasteiger partial charge in [0.25, 0.3) is 0 Å². The topological polar surface area (TPSA) is 38.0 Å². The monoisotopic (exact) mass is 140 g/mol. The van der Waals surface area contributed by atoms with Gasteiger partial charge in [-0.2, -0.15) is 0 Å². The van der Waals surface area contributed by atoms with E-state index in [1.165, 1.54) is 6.07 Å². The van der Waals surface area contributed by atoms with Crippen LogP contribution in [-0.4, -0.2) is 7.05 Å². The molecule has 0 spiro atoms. The summed E-state index contributed by atoms with van der Waals surface area (Å²) in [6, 6.07) is 4.53. The lowest BCUT2D eigenvalue weighted by molar-refractivity contribution is 0.632. The molecule has 1 aromatic rings. The van der Waals surface area contributed by atoms with Gasteiger partial charge in [-0.1, -0.05) is 0 Å². The standard InChI is InChI=1S/C7H9FN2/c1-10-7-3-2-5(9)4-6(7)8/h2-4,10H,9H2,1H3. The van der Waals surface area contributed by atoms with Crippen LogP contribution in [0.25, 0.3) is 0 Å². The molecule has 54 valence electrons. The molecule has 0 aromatic heterocycles. The average Bonchev–Trinajstić information content (AvgIpc) is 1.88. The van der Waals surface area contributed by atoms with Gasteiger partial charge in [-0.15, -0.1) is 0 Å². The second kappa shape index (κ2) is 2.56. The largest absolute Gasteiger partial charge is 0.399 e. The fourth-order valence-corrected chi connectivity index (χ4v) is 0.734. The molecule has 10 heavy (non-hydrogen) atoms. The first-order valence-corrected chi connectivity index (χ1v) is 2.97. The first-order chi connectivity index (χ1) is 4.74. The minimum Gasteiger partial charge on any atom is -0.399 e. The van der Waals surface area contributed by atoms with Crippen molar-refractivity contribution < 1.29 is 4.39 Å². The van der Waals surface area contributed by atoms with E-state index in [2.05, 4.69) is 5.32 Å². The Balaban J connectivity index is 3.07. The van der Waals surface area contributed by atoms with Gasteiger partial charge in [0.2, 0.25) is 0 Å². The smallest absolute Gasteiger partial charge is 0.148 e. The van der Waals surface area contributed by atoms with Gasteiger partial charge in [0.05, 0.1) is 5.69 Å².